The highest BCUT2D eigenvalue weighted by Crippen LogP contribution is 2.19. The first-order valence-corrected chi connectivity index (χ1v) is 11.7. The summed E-state index contributed by atoms with van der Waals surface area (Å²) in [4.78, 5) is 25.6. The standard InChI is InChI=1S/C22H28N4O4S/c1-5-14-25-19-8-6-7-9-20(19)26(22(25)28)15-21(27)23-17-10-12-18(13-11-17)31(29,30)24(4)16(2)3/h6-13,16H,5,14-15H2,1-4H3,(H,23,27). The summed E-state index contributed by atoms with van der Waals surface area (Å²) >= 11 is 0. The molecule has 0 saturated carbocycles. The molecule has 0 fully saturated rings. The van der Waals surface area contributed by atoms with Gasteiger partial charge >= 0.3 is 5.69 Å². The minimum absolute atomic E-state index is 0.133. The number of para-hydroxylation sites is 2. The van der Waals surface area contributed by atoms with E-state index in [0.29, 0.717) is 17.7 Å². The minimum Gasteiger partial charge on any atom is -0.325 e. The number of hydrogen-bond donors (Lipinski definition) is 1. The number of nitrogens with one attached hydrogen (secondary N) is 1. The number of aryl methyl sites for hydroxylation is 1. The summed E-state index contributed by atoms with van der Waals surface area (Å²) in [6.07, 6.45) is 0.807. The predicted molar refractivity (Wildman–Crippen MR) is 122 cm³/mol. The van der Waals surface area contributed by atoms with Gasteiger partial charge in [0.15, 0.2) is 0 Å². The van der Waals surface area contributed by atoms with Gasteiger partial charge in [0.2, 0.25) is 15.9 Å². The van der Waals surface area contributed by atoms with Crippen LogP contribution in [0.1, 0.15) is 27.2 Å². The van der Waals surface area contributed by atoms with Crippen LogP contribution >= 0.6 is 0 Å². The molecule has 0 radical (unpaired) electrons. The van der Waals surface area contributed by atoms with Crippen molar-refractivity contribution < 1.29 is 13.2 Å². The van der Waals surface area contributed by atoms with Crippen molar-refractivity contribution >= 4 is 32.7 Å². The Morgan fingerprint density at radius 3 is 2.16 bits per heavy atom. The van der Waals surface area contributed by atoms with Gasteiger partial charge in [0, 0.05) is 25.3 Å². The smallest absolute Gasteiger partial charge is 0.325 e. The SMILES string of the molecule is CCCn1c(=O)n(CC(=O)Nc2ccc(S(=O)(=O)N(C)C(C)C)cc2)c2ccccc21. The maximum atomic E-state index is 12.8. The van der Waals surface area contributed by atoms with Crippen LogP contribution in [0.2, 0.25) is 0 Å². The third kappa shape index (κ3) is 4.57. The summed E-state index contributed by atoms with van der Waals surface area (Å²) in [5.41, 5.74) is 1.73. The molecule has 166 valence electrons. The van der Waals surface area contributed by atoms with Crippen LogP contribution < -0.4 is 11.0 Å². The number of fused-ring (bicyclic) bond motifs is 1. The molecular formula is C22H28N4O4S. The fourth-order valence-electron chi connectivity index (χ4n) is 3.36. The molecule has 1 N–H and O–H groups in total. The Hall–Kier alpha value is -2.91. The molecule has 0 aliphatic rings. The van der Waals surface area contributed by atoms with E-state index in [4.69, 9.17) is 0 Å². The van der Waals surface area contributed by atoms with Crippen molar-refractivity contribution in [2.75, 3.05) is 12.4 Å². The highest BCUT2D eigenvalue weighted by atomic mass is 32.2. The molecule has 0 unspecified atom stereocenters. The van der Waals surface area contributed by atoms with E-state index >= 15 is 0 Å². The average molecular weight is 445 g/mol. The third-order valence-electron chi connectivity index (χ3n) is 5.22. The van der Waals surface area contributed by atoms with Gasteiger partial charge in [-0.25, -0.2) is 13.2 Å². The van der Waals surface area contributed by atoms with Crippen molar-refractivity contribution in [1.82, 2.24) is 13.4 Å². The number of carbonyl (C=O) groups is 1. The monoisotopic (exact) mass is 444 g/mol. The number of sulfonamides is 1. The van der Waals surface area contributed by atoms with Crippen molar-refractivity contribution in [1.29, 1.82) is 0 Å². The molecule has 3 aromatic rings. The van der Waals surface area contributed by atoms with Gasteiger partial charge in [0.05, 0.1) is 15.9 Å². The molecule has 0 saturated heterocycles. The Labute approximate surface area is 182 Å². The zero-order chi connectivity index (χ0) is 22.8. The zero-order valence-electron chi connectivity index (χ0n) is 18.2. The summed E-state index contributed by atoms with van der Waals surface area (Å²) in [5.74, 6) is -0.364. The van der Waals surface area contributed by atoms with Crippen LogP contribution in [0.5, 0.6) is 0 Å². The summed E-state index contributed by atoms with van der Waals surface area (Å²) in [7, 11) is -2.06. The molecule has 1 heterocycles. The van der Waals surface area contributed by atoms with Gasteiger partial charge in [-0.2, -0.15) is 4.31 Å². The lowest BCUT2D eigenvalue weighted by Gasteiger charge is -2.21. The van der Waals surface area contributed by atoms with Gasteiger partial charge in [0.1, 0.15) is 6.54 Å². The van der Waals surface area contributed by atoms with Crippen LogP contribution in [0.3, 0.4) is 0 Å². The number of hydrogen-bond acceptors (Lipinski definition) is 4. The average Bonchev–Trinajstić information content (AvgIpc) is 2.99. The quantitative estimate of drug-likeness (QED) is 0.578. The number of rotatable bonds is 8. The number of amides is 1. The van der Waals surface area contributed by atoms with Crippen molar-refractivity contribution in [2.24, 2.45) is 0 Å². The minimum atomic E-state index is -3.59. The van der Waals surface area contributed by atoms with Crippen molar-refractivity contribution in [2.45, 2.75) is 51.2 Å². The van der Waals surface area contributed by atoms with E-state index in [2.05, 4.69) is 5.32 Å². The Kier molecular flexibility index (Phi) is 6.66. The number of anilines is 1. The van der Waals surface area contributed by atoms with Gasteiger partial charge < -0.3 is 5.32 Å². The lowest BCUT2D eigenvalue weighted by Crippen LogP contribution is -2.33. The van der Waals surface area contributed by atoms with E-state index in [1.54, 1.807) is 30.5 Å². The normalized spacial score (nSPS) is 12.1. The molecule has 1 aromatic heterocycles. The molecule has 1 amide bonds. The van der Waals surface area contributed by atoms with Gasteiger partial charge in [-0.3, -0.25) is 13.9 Å². The molecular weight excluding hydrogens is 416 g/mol. The fraction of sp³-hybridized carbons (Fsp3) is 0.364. The second kappa shape index (κ2) is 9.07. The van der Waals surface area contributed by atoms with Gasteiger partial charge in [-0.1, -0.05) is 19.1 Å². The maximum absolute atomic E-state index is 12.8. The van der Waals surface area contributed by atoms with Crippen LogP contribution in [-0.4, -0.2) is 40.9 Å². The first kappa shape index (κ1) is 22.8. The first-order valence-electron chi connectivity index (χ1n) is 10.2. The number of aromatic nitrogens is 2. The topological polar surface area (TPSA) is 93.4 Å². The highest BCUT2D eigenvalue weighted by Gasteiger charge is 2.23. The largest absolute Gasteiger partial charge is 0.329 e. The molecule has 8 nitrogen and oxygen atoms in total. The number of nitrogens with zero attached hydrogens (tertiary/aromatic N) is 3. The van der Waals surface area contributed by atoms with E-state index in [1.807, 2.05) is 31.2 Å². The van der Waals surface area contributed by atoms with Crippen LogP contribution in [-0.2, 0) is 27.9 Å². The third-order valence-corrected chi connectivity index (χ3v) is 7.26. The van der Waals surface area contributed by atoms with Crippen LogP contribution in [0.15, 0.2) is 58.2 Å². The molecule has 0 bridgehead atoms. The number of imidazole rings is 1. The van der Waals surface area contributed by atoms with Crippen molar-refractivity contribution in [3.8, 4) is 0 Å². The Bertz CT molecular complexity index is 1240. The highest BCUT2D eigenvalue weighted by molar-refractivity contribution is 7.89. The Morgan fingerprint density at radius 2 is 1.61 bits per heavy atom. The maximum Gasteiger partial charge on any atom is 0.329 e. The number of carbonyl (C=O) groups excluding carboxylic acids is 1. The van der Waals surface area contributed by atoms with Crippen molar-refractivity contribution in [3.05, 3.63) is 59.0 Å². The Morgan fingerprint density at radius 1 is 1.03 bits per heavy atom. The molecule has 0 atom stereocenters. The van der Waals surface area contributed by atoms with E-state index in [0.717, 1.165) is 11.9 Å². The van der Waals surface area contributed by atoms with Crippen LogP contribution in [0.4, 0.5) is 5.69 Å². The summed E-state index contributed by atoms with van der Waals surface area (Å²) in [6, 6.07) is 13.2. The molecule has 3 rings (SSSR count). The molecule has 0 aliphatic heterocycles. The molecule has 31 heavy (non-hydrogen) atoms. The van der Waals surface area contributed by atoms with E-state index < -0.39 is 10.0 Å². The zero-order valence-corrected chi connectivity index (χ0v) is 19.0. The summed E-state index contributed by atoms with van der Waals surface area (Å²) < 4.78 is 29.5. The Balaban J connectivity index is 1.79. The van der Waals surface area contributed by atoms with E-state index in [9.17, 15) is 18.0 Å². The predicted octanol–water partition coefficient (Wildman–Crippen LogP) is 2.88. The second-order valence-electron chi connectivity index (χ2n) is 7.70. The molecule has 0 aliphatic carbocycles. The van der Waals surface area contributed by atoms with E-state index in [-0.39, 0.29) is 29.1 Å². The van der Waals surface area contributed by atoms with E-state index in [1.165, 1.54) is 28.1 Å². The van der Waals surface area contributed by atoms with Crippen LogP contribution in [0.25, 0.3) is 11.0 Å². The fourth-order valence-corrected chi connectivity index (χ4v) is 4.73. The van der Waals surface area contributed by atoms with Crippen molar-refractivity contribution in [3.63, 3.8) is 0 Å². The van der Waals surface area contributed by atoms with Gasteiger partial charge in [0.25, 0.3) is 0 Å². The first-order chi connectivity index (χ1) is 14.7. The van der Waals surface area contributed by atoms with Gasteiger partial charge in [-0.05, 0) is 56.7 Å². The van der Waals surface area contributed by atoms with Crippen LogP contribution in [0, 0.1) is 0 Å². The molecule has 9 heteroatoms. The lowest BCUT2D eigenvalue weighted by molar-refractivity contribution is -0.116. The second-order valence-corrected chi connectivity index (χ2v) is 9.69. The molecule has 0 spiro atoms. The lowest BCUT2D eigenvalue weighted by atomic mass is 10.3. The summed E-state index contributed by atoms with van der Waals surface area (Å²) in [5, 5.41) is 2.74. The number of benzene rings is 2. The van der Waals surface area contributed by atoms with Gasteiger partial charge in [-0.15, -0.1) is 0 Å². The summed E-state index contributed by atoms with van der Waals surface area (Å²) in [6.45, 7) is 6.03. The molecule has 2 aromatic carbocycles.